The van der Waals surface area contributed by atoms with Gasteiger partial charge in [0.05, 0.1) is 12.1 Å². The van der Waals surface area contributed by atoms with Gasteiger partial charge in [0.2, 0.25) is 5.95 Å². The van der Waals surface area contributed by atoms with Crippen LogP contribution in [0.2, 0.25) is 0 Å². The first-order valence-corrected chi connectivity index (χ1v) is 10.8. The average molecular weight is 412 g/mol. The molecule has 7 nitrogen and oxygen atoms in total. The SMILES string of the molecule is CCOC(=O)N1CCN(c2nc(NCCc3cccs3)c3ccccc3n2)CC1. The highest BCUT2D eigenvalue weighted by molar-refractivity contribution is 7.09. The fourth-order valence-corrected chi connectivity index (χ4v) is 4.11. The molecule has 0 saturated carbocycles. The van der Waals surface area contributed by atoms with Gasteiger partial charge in [0.25, 0.3) is 0 Å². The Hall–Kier alpha value is -2.87. The molecule has 1 aromatic carbocycles. The second-order valence-electron chi connectivity index (χ2n) is 6.82. The number of anilines is 2. The zero-order chi connectivity index (χ0) is 20.1. The van der Waals surface area contributed by atoms with Crippen molar-refractivity contribution in [1.82, 2.24) is 14.9 Å². The molecule has 2 aromatic heterocycles. The zero-order valence-electron chi connectivity index (χ0n) is 16.5. The maximum Gasteiger partial charge on any atom is 0.409 e. The summed E-state index contributed by atoms with van der Waals surface area (Å²) in [7, 11) is 0. The maximum absolute atomic E-state index is 11.9. The maximum atomic E-state index is 11.9. The summed E-state index contributed by atoms with van der Waals surface area (Å²) >= 11 is 1.77. The molecule has 3 heterocycles. The quantitative estimate of drug-likeness (QED) is 0.668. The number of amides is 1. The lowest BCUT2D eigenvalue weighted by Gasteiger charge is -2.34. The van der Waals surface area contributed by atoms with Crippen LogP contribution >= 0.6 is 11.3 Å². The minimum atomic E-state index is -0.248. The summed E-state index contributed by atoms with van der Waals surface area (Å²) in [6.07, 6.45) is 0.714. The summed E-state index contributed by atoms with van der Waals surface area (Å²) in [4.78, 5) is 26.7. The Kier molecular flexibility index (Phi) is 6.09. The van der Waals surface area contributed by atoms with Crippen LogP contribution in [0.3, 0.4) is 0 Å². The third-order valence-corrected chi connectivity index (χ3v) is 5.86. The molecule has 0 bridgehead atoms. The van der Waals surface area contributed by atoms with E-state index >= 15 is 0 Å². The first-order chi connectivity index (χ1) is 14.2. The number of piperazine rings is 1. The summed E-state index contributed by atoms with van der Waals surface area (Å²) in [5.41, 5.74) is 0.920. The van der Waals surface area contributed by atoms with Crippen molar-refractivity contribution in [3.63, 3.8) is 0 Å². The van der Waals surface area contributed by atoms with Crippen LogP contribution < -0.4 is 10.2 Å². The molecular weight excluding hydrogens is 386 g/mol. The number of nitrogens with zero attached hydrogens (tertiary/aromatic N) is 4. The number of rotatable bonds is 6. The Morgan fingerprint density at radius 1 is 1.14 bits per heavy atom. The zero-order valence-corrected chi connectivity index (χ0v) is 17.3. The first-order valence-electron chi connectivity index (χ1n) is 9.94. The number of hydrogen-bond donors (Lipinski definition) is 1. The number of thiophene rings is 1. The molecule has 4 rings (SSSR count). The average Bonchev–Trinajstić information content (AvgIpc) is 3.27. The van der Waals surface area contributed by atoms with E-state index in [2.05, 4.69) is 27.7 Å². The summed E-state index contributed by atoms with van der Waals surface area (Å²) in [6.45, 7) is 5.62. The van der Waals surface area contributed by atoms with Gasteiger partial charge in [0, 0.05) is 43.0 Å². The molecule has 29 heavy (non-hydrogen) atoms. The van der Waals surface area contributed by atoms with Crippen LogP contribution in [-0.4, -0.2) is 60.3 Å². The molecule has 1 aliphatic heterocycles. The van der Waals surface area contributed by atoms with Crippen molar-refractivity contribution < 1.29 is 9.53 Å². The Morgan fingerprint density at radius 3 is 2.72 bits per heavy atom. The lowest BCUT2D eigenvalue weighted by atomic mass is 10.2. The largest absolute Gasteiger partial charge is 0.450 e. The molecule has 1 fully saturated rings. The third-order valence-electron chi connectivity index (χ3n) is 4.92. The van der Waals surface area contributed by atoms with Gasteiger partial charge in [-0.2, -0.15) is 4.98 Å². The fraction of sp³-hybridized carbons (Fsp3) is 0.381. The molecule has 1 N–H and O–H groups in total. The minimum absolute atomic E-state index is 0.248. The summed E-state index contributed by atoms with van der Waals surface area (Å²) < 4.78 is 5.10. The Bertz CT molecular complexity index is 955. The Morgan fingerprint density at radius 2 is 1.97 bits per heavy atom. The normalized spacial score (nSPS) is 14.2. The van der Waals surface area contributed by atoms with Crippen LogP contribution in [0.15, 0.2) is 41.8 Å². The molecule has 0 radical (unpaired) electrons. The number of benzene rings is 1. The monoisotopic (exact) mass is 411 g/mol. The van der Waals surface area contributed by atoms with Crippen molar-refractivity contribution in [2.24, 2.45) is 0 Å². The second-order valence-corrected chi connectivity index (χ2v) is 7.85. The summed E-state index contributed by atoms with van der Waals surface area (Å²) in [5, 5.41) is 6.62. The number of hydrogen-bond acceptors (Lipinski definition) is 7. The standard InChI is InChI=1S/C21H25N5O2S/c1-2-28-21(27)26-13-11-25(12-14-26)20-23-18-8-4-3-7-17(18)19(24-20)22-10-9-16-6-5-15-29-16/h3-8,15H,2,9-14H2,1H3,(H,22,23,24). The van der Waals surface area contributed by atoms with Gasteiger partial charge >= 0.3 is 6.09 Å². The van der Waals surface area contributed by atoms with Gasteiger partial charge < -0.3 is 19.9 Å². The Labute approximate surface area is 174 Å². The van der Waals surface area contributed by atoms with Crippen LogP contribution in [0.1, 0.15) is 11.8 Å². The van der Waals surface area contributed by atoms with E-state index in [0.717, 1.165) is 29.7 Å². The lowest BCUT2D eigenvalue weighted by molar-refractivity contribution is 0.105. The number of fused-ring (bicyclic) bond motifs is 1. The number of nitrogens with one attached hydrogen (secondary N) is 1. The third kappa shape index (κ3) is 4.59. The number of carbonyl (C=O) groups excluding carboxylic acids is 1. The van der Waals surface area contributed by atoms with Crippen LogP contribution in [0.4, 0.5) is 16.6 Å². The van der Waals surface area contributed by atoms with Gasteiger partial charge in [-0.25, -0.2) is 9.78 Å². The van der Waals surface area contributed by atoms with Crippen LogP contribution in [0, 0.1) is 0 Å². The van der Waals surface area contributed by atoms with E-state index in [1.165, 1.54) is 4.88 Å². The van der Waals surface area contributed by atoms with Crippen molar-refractivity contribution >= 4 is 40.1 Å². The molecule has 152 valence electrons. The van der Waals surface area contributed by atoms with Gasteiger partial charge in [-0.15, -0.1) is 11.3 Å². The minimum Gasteiger partial charge on any atom is -0.450 e. The number of carbonyl (C=O) groups is 1. The van der Waals surface area contributed by atoms with E-state index in [1.807, 2.05) is 31.2 Å². The van der Waals surface area contributed by atoms with Crippen molar-refractivity contribution in [2.45, 2.75) is 13.3 Å². The molecule has 1 aliphatic rings. The molecule has 8 heteroatoms. The van der Waals surface area contributed by atoms with Gasteiger partial charge in [-0.3, -0.25) is 0 Å². The van der Waals surface area contributed by atoms with Crippen LogP contribution in [0.25, 0.3) is 10.9 Å². The predicted octanol–water partition coefficient (Wildman–Crippen LogP) is 3.62. The summed E-state index contributed by atoms with van der Waals surface area (Å²) in [6, 6.07) is 12.3. The highest BCUT2D eigenvalue weighted by Gasteiger charge is 2.24. The molecule has 3 aromatic rings. The van der Waals surface area contributed by atoms with Crippen LogP contribution in [-0.2, 0) is 11.2 Å². The molecular formula is C21H25N5O2S. The number of para-hydroxylation sites is 1. The Balaban J connectivity index is 1.49. The molecule has 0 spiro atoms. The van der Waals surface area contributed by atoms with Crippen molar-refractivity contribution in [3.8, 4) is 0 Å². The van der Waals surface area contributed by atoms with E-state index in [1.54, 1.807) is 16.2 Å². The lowest BCUT2D eigenvalue weighted by Crippen LogP contribution is -2.49. The topological polar surface area (TPSA) is 70.6 Å². The van der Waals surface area contributed by atoms with Crippen molar-refractivity contribution in [2.75, 3.05) is 49.5 Å². The molecule has 0 atom stereocenters. The first kappa shape index (κ1) is 19.4. The van der Waals surface area contributed by atoms with E-state index in [0.29, 0.717) is 38.7 Å². The van der Waals surface area contributed by atoms with E-state index < -0.39 is 0 Å². The van der Waals surface area contributed by atoms with E-state index in [-0.39, 0.29) is 6.09 Å². The highest BCUT2D eigenvalue weighted by atomic mass is 32.1. The van der Waals surface area contributed by atoms with E-state index in [9.17, 15) is 4.79 Å². The number of ether oxygens (including phenoxy) is 1. The highest BCUT2D eigenvalue weighted by Crippen LogP contribution is 2.24. The molecule has 0 unspecified atom stereocenters. The summed E-state index contributed by atoms with van der Waals surface area (Å²) in [5.74, 6) is 1.56. The van der Waals surface area contributed by atoms with Gasteiger partial charge in [0.1, 0.15) is 5.82 Å². The number of aromatic nitrogens is 2. The second kappa shape index (κ2) is 9.09. The predicted molar refractivity (Wildman–Crippen MR) is 117 cm³/mol. The molecule has 0 aliphatic carbocycles. The van der Waals surface area contributed by atoms with Gasteiger partial charge in [-0.1, -0.05) is 18.2 Å². The smallest absolute Gasteiger partial charge is 0.409 e. The van der Waals surface area contributed by atoms with Gasteiger partial charge in [0.15, 0.2) is 0 Å². The van der Waals surface area contributed by atoms with Gasteiger partial charge in [-0.05, 0) is 36.9 Å². The molecule has 1 saturated heterocycles. The van der Waals surface area contributed by atoms with E-state index in [4.69, 9.17) is 14.7 Å². The molecule has 1 amide bonds. The van der Waals surface area contributed by atoms with Crippen molar-refractivity contribution in [1.29, 1.82) is 0 Å². The van der Waals surface area contributed by atoms with Crippen LogP contribution in [0.5, 0.6) is 0 Å². The van der Waals surface area contributed by atoms with Crippen molar-refractivity contribution in [3.05, 3.63) is 46.7 Å². The fourth-order valence-electron chi connectivity index (χ4n) is 3.40.